The second-order valence-electron chi connectivity index (χ2n) is 6.77. The van der Waals surface area contributed by atoms with Crippen LogP contribution >= 0.6 is 0 Å². The normalized spacial score (nSPS) is 14.3. The van der Waals surface area contributed by atoms with Crippen molar-refractivity contribution < 1.29 is 0 Å². The van der Waals surface area contributed by atoms with Gasteiger partial charge in [-0.05, 0) is 30.2 Å². The Balaban J connectivity index is 1.86. The summed E-state index contributed by atoms with van der Waals surface area (Å²) in [6, 6.07) is 9.73. The molecule has 130 valence electrons. The number of aromatic amines is 1. The van der Waals surface area contributed by atoms with Gasteiger partial charge in [0.2, 0.25) is 0 Å². The lowest BCUT2D eigenvalue weighted by Gasteiger charge is -2.14. The minimum atomic E-state index is -0.377. The summed E-state index contributed by atoms with van der Waals surface area (Å²) in [5.74, 6) is 1.56. The number of aromatic nitrogens is 2. The minimum Gasteiger partial charge on any atom is -0.378 e. The van der Waals surface area contributed by atoms with E-state index in [1.54, 1.807) is 0 Å². The summed E-state index contributed by atoms with van der Waals surface area (Å²) in [4.78, 5) is 21.5. The average Bonchev–Trinajstić information content (AvgIpc) is 3.08. The van der Waals surface area contributed by atoms with E-state index < -0.39 is 0 Å². The Bertz CT molecular complexity index is 826. The van der Waals surface area contributed by atoms with Crippen LogP contribution in [0, 0.1) is 17.2 Å². The highest BCUT2D eigenvalue weighted by molar-refractivity contribution is 5.64. The van der Waals surface area contributed by atoms with Gasteiger partial charge in [-0.25, -0.2) is 4.98 Å². The number of nitrogens with zero attached hydrogens (tertiary/aromatic N) is 3. The molecular formula is C19H23N5O. The highest BCUT2D eigenvalue weighted by atomic mass is 16.1. The lowest BCUT2D eigenvalue weighted by Crippen LogP contribution is -2.19. The number of rotatable bonds is 5. The Morgan fingerprint density at radius 2 is 1.96 bits per heavy atom. The van der Waals surface area contributed by atoms with Crippen LogP contribution in [0.25, 0.3) is 0 Å². The molecular weight excluding hydrogens is 314 g/mol. The monoisotopic (exact) mass is 337 g/mol. The standard InChI is InChI=1S/C19H23N5O/c1-24(2)15-9-7-14(8-10-15)21-18-16(12-20)19(25)23-17(22-18)11-13-5-3-4-6-13/h7-10,13H,3-6,11H2,1-2H3,(H2,21,22,23,25). The third-order valence-electron chi connectivity index (χ3n) is 4.68. The molecule has 6 nitrogen and oxygen atoms in total. The van der Waals surface area contributed by atoms with E-state index in [1.165, 1.54) is 25.7 Å². The number of H-pyrrole nitrogens is 1. The molecule has 0 spiro atoms. The van der Waals surface area contributed by atoms with Crippen LogP contribution in [0.15, 0.2) is 29.1 Å². The molecule has 6 heteroatoms. The van der Waals surface area contributed by atoms with Crippen LogP contribution in [0.5, 0.6) is 0 Å². The molecule has 1 saturated carbocycles. The molecule has 0 bridgehead atoms. The Labute approximate surface area is 147 Å². The number of hydrogen-bond donors (Lipinski definition) is 2. The molecule has 1 aliphatic carbocycles. The molecule has 2 aromatic rings. The lowest BCUT2D eigenvalue weighted by atomic mass is 10.0. The van der Waals surface area contributed by atoms with Crippen molar-refractivity contribution in [2.45, 2.75) is 32.1 Å². The molecule has 1 aliphatic rings. The SMILES string of the molecule is CN(C)c1ccc(Nc2nc(CC3CCCC3)[nH]c(=O)c2C#N)cc1. The largest absolute Gasteiger partial charge is 0.378 e. The van der Waals surface area contributed by atoms with Gasteiger partial charge in [0.15, 0.2) is 11.4 Å². The van der Waals surface area contributed by atoms with Crippen molar-refractivity contribution in [2.75, 3.05) is 24.3 Å². The van der Waals surface area contributed by atoms with E-state index in [9.17, 15) is 10.1 Å². The van der Waals surface area contributed by atoms with E-state index in [4.69, 9.17) is 0 Å². The van der Waals surface area contributed by atoms with Crippen molar-refractivity contribution >= 4 is 17.2 Å². The summed E-state index contributed by atoms with van der Waals surface area (Å²) >= 11 is 0. The quantitative estimate of drug-likeness (QED) is 0.875. The van der Waals surface area contributed by atoms with Gasteiger partial charge in [-0.1, -0.05) is 25.7 Å². The second-order valence-corrected chi connectivity index (χ2v) is 6.77. The zero-order valence-corrected chi connectivity index (χ0v) is 14.7. The first kappa shape index (κ1) is 17.0. The fourth-order valence-electron chi connectivity index (χ4n) is 3.28. The van der Waals surface area contributed by atoms with Gasteiger partial charge in [0.25, 0.3) is 5.56 Å². The summed E-state index contributed by atoms with van der Waals surface area (Å²) in [6.07, 6.45) is 5.61. The van der Waals surface area contributed by atoms with Gasteiger partial charge in [0, 0.05) is 31.9 Å². The second kappa shape index (κ2) is 7.39. The van der Waals surface area contributed by atoms with E-state index >= 15 is 0 Å². The van der Waals surface area contributed by atoms with Crippen molar-refractivity contribution in [1.29, 1.82) is 5.26 Å². The van der Waals surface area contributed by atoms with Gasteiger partial charge in [-0.2, -0.15) is 5.26 Å². The smallest absolute Gasteiger partial charge is 0.271 e. The van der Waals surface area contributed by atoms with E-state index in [2.05, 4.69) is 15.3 Å². The Kier molecular flexibility index (Phi) is 5.03. The van der Waals surface area contributed by atoms with Gasteiger partial charge in [-0.15, -0.1) is 0 Å². The maximum atomic E-state index is 12.2. The topological polar surface area (TPSA) is 84.8 Å². The summed E-state index contributed by atoms with van der Waals surface area (Å²) in [5, 5.41) is 12.4. The van der Waals surface area contributed by atoms with Crippen LogP contribution in [0.3, 0.4) is 0 Å². The minimum absolute atomic E-state index is 0.0202. The molecule has 1 fully saturated rings. The van der Waals surface area contributed by atoms with Crippen molar-refractivity contribution in [3.05, 3.63) is 46.0 Å². The first-order chi connectivity index (χ1) is 12.1. The van der Waals surface area contributed by atoms with Gasteiger partial charge in [-0.3, -0.25) is 4.79 Å². The van der Waals surface area contributed by atoms with Crippen LogP contribution in [0.4, 0.5) is 17.2 Å². The Morgan fingerprint density at radius 1 is 1.28 bits per heavy atom. The maximum Gasteiger partial charge on any atom is 0.271 e. The summed E-state index contributed by atoms with van der Waals surface area (Å²) in [6.45, 7) is 0. The first-order valence-corrected chi connectivity index (χ1v) is 8.64. The molecule has 0 unspecified atom stereocenters. The fourth-order valence-corrected chi connectivity index (χ4v) is 3.28. The average molecular weight is 337 g/mol. The van der Waals surface area contributed by atoms with E-state index in [0.29, 0.717) is 17.6 Å². The number of nitrogens with one attached hydrogen (secondary N) is 2. The third-order valence-corrected chi connectivity index (χ3v) is 4.68. The molecule has 25 heavy (non-hydrogen) atoms. The number of hydrogen-bond acceptors (Lipinski definition) is 5. The van der Waals surface area contributed by atoms with Crippen molar-refractivity contribution in [3.63, 3.8) is 0 Å². The molecule has 0 aliphatic heterocycles. The summed E-state index contributed by atoms with van der Waals surface area (Å²) < 4.78 is 0. The molecule has 0 saturated heterocycles. The maximum absolute atomic E-state index is 12.2. The molecule has 0 atom stereocenters. The fraction of sp³-hybridized carbons (Fsp3) is 0.421. The zero-order valence-electron chi connectivity index (χ0n) is 14.7. The predicted molar refractivity (Wildman–Crippen MR) is 99.3 cm³/mol. The van der Waals surface area contributed by atoms with Crippen molar-refractivity contribution in [3.8, 4) is 6.07 Å². The predicted octanol–water partition coefficient (Wildman–Crippen LogP) is 3.18. The lowest BCUT2D eigenvalue weighted by molar-refractivity contribution is 0.529. The van der Waals surface area contributed by atoms with E-state index in [0.717, 1.165) is 17.8 Å². The van der Waals surface area contributed by atoms with Crippen LogP contribution in [-0.2, 0) is 6.42 Å². The molecule has 0 amide bonds. The molecule has 1 heterocycles. The van der Waals surface area contributed by atoms with Gasteiger partial charge >= 0.3 is 0 Å². The van der Waals surface area contributed by atoms with Crippen molar-refractivity contribution in [2.24, 2.45) is 5.92 Å². The van der Waals surface area contributed by atoms with Gasteiger partial charge in [0.05, 0.1) is 0 Å². The highest BCUT2D eigenvalue weighted by Gasteiger charge is 2.18. The Hall–Kier alpha value is -2.81. The number of benzene rings is 1. The van der Waals surface area contributed by atoms with Crippen molar-refractivity contribution in [1.82, 2.24) is 9.97 Å². The summed E-state index contributed by atoms with van der Waals surface area (Å²) in [5.41, 5.74) is 1.52. The highest BCUT2D eigenvalue weighted by Crippen LogP contribution is 2.27. The van der Waals surface area contributed by atoms with Crippen LogP contribution in [0.1, 0.15) is 37.1 Å². The molecule has 2 N–H and O–H groups in total. The molecule has 1 aromatic heterocycles. The first-order valence-electron chi connectivity index (χ1n) is 8.64. The zero-order chi connectivity index (χ0) is 17.8. The molecule has 0 radical (unpaired) electrons. The number of anilines is 3. The van der Waals surface area contributed by atoms with E-state index in [1.807, 2.05) is 49.3 Å². The number of nitriles is 1. The van der Waals surface area contributed by atoms with Crippen LogP contribution < -0.4 is 15.8 Å². The molecule has 1 aromatic carbocycles. The third kappa shape index (κ3) is 4.00. The molecule has 3 rings (SSSR count). The van der Waals surface area contributed by atoms with Crippen LogP contribution in [-0.4, -0.2) is 24.1 Å². The summed E-state index contributed by atoms with van der Waals surface area (Å²) in [7, 11) is 3.95. The van der Waals surface area contributed by atoms with Gasteiger partial charge < -0.3 is 15.2 Å². The van der Waals surface area contributed by atoms with Crippen LogP contribution in [0.2, 0.25) is 0 Å². The van der Waals surface area contributed by atoms with Gasteiger partial charge in [0.1, 0.15) is 11.9 Å². The van der Waals surface area contributed by atoms with E-state index in [-0.39, 0.29) is 11.1 Å². The Morgan fingerprint density at radius 3 is 2.56 bits per heavy atom.